The Kier molecular flexibility index (Phi) is 5.29. The topological polar surface area (TPSA) is 45.2 Å². The van der Waals surface area contributed by atoms with Gasteiger partial charge in [-0.2, -0.15) is 11.8 Å². The van der Waals surface area contributed by atoms with Crippen LogP contribution in [0.5, 0.6) is 0 Å². The molecular weight excluding hydrogens is 270 g/mol. The molecule has 0 aliphatic carbocycles. The molecule has 4 nitrogen and oxygen atoms in total. The van der Waals surface area contributed by atoms with E-state index in [1.165, 1.54) is 0 Å². The van der Waals surface area contributed by atoms with Crippen LogP contribution in [0.25, 0.3) is 0 Å². The number of rotatable bonds is 4. The summed E-state index contributed by atoms with van der Waals surface area (Å²) in [7, 11) is 0. The fourth-order valence-electron chi connectivity index (χ4n) is 2.31. The van der Waals surface area contributed by atoms with Gasteiger partial charge < -0.3 is 10.2 Å². The molecule has 1 saturated heterocycles. The van der Waals surface area contributed by atoms with Gasteiger partial charge in [0.25, 0.3) is 5.91 Å². The van der Waals surface area contributed by atoms with Crippen molar-refractivity contribution >= 4 is 23.4 Å². The number of aryl methyl sites for hydroxylation is 1. The highest BCUT2D eigenvalue weighted by Gasteiger charge is 2.24. The number of hydrogen-bond donors (Lipinski definition) is 1. The number of thioether (sulfide) groups is 1. The molecule has 0 bridgehead atoms. The summed E-state index contributed by atoms with van der Waals surface area (Å²) in [6, 6.07) is 1.96. The van der Waals surface area contributed by atoms with Crippen molar-refractivity contribution in [1.82, 2.24) is 9.88 Å². The molecule has 5 heteroatoms. The van der Waals surface area contributed by atoms with E-state index in [0.717, 1.165) is 43.2 Å². The van der Waals surface area contributed by atoms with Crippen molar-refractivity contribution < 1.29 is 4.79 Å². The molecule has 2 rings (SSSR count). The largest absolute Gasteiger partial charge is 0.384 e. The lowest BCUT2D eigenvalue weighted by Crippen LogP contribution is -2.41. The van der Waals surface area contributed by atoms with Gasteiger partial charge >= 0.3 is 0 Å². The third kappa shape index (κ3) is 3.66. The summed E-state index contributed by atoms with van der Waals surface area (Å²) in [5, 5.41) is 3.85. The first-order valence-electron chi connectivity index (χ1n) is 7.23. The average Bonchev–Trinajstić information content (AvgIpc) is 2.44. The van der Waals surface area contributed by atoms with E-state index in [9.17, 15) is 4.79 Å². The summed E-state index contributed by atoms with van der Waals surface area (Å²) >= 11 is 1.93. The van der Waals surface area contributed by atoms with Crippen LogP contribution in [0.3, 0.4) is 0 Å². The quantitative estimate of drug-likeness (QED) is 0.927. The summed E-state index contributed by atoms with van der Waals surface area (Å²) in [4.78, 5) is 18.9. The van der Waals surface area contributed by atoms with Gasteiger partial charge in [0.15, 0.2) is 0 Å². The van der Waals surface area contributed by atoms with E-state index in [1.807, 2.05) is 29.7 Å². The van der Waals surface area contributed by atoms with Crippen molar-refractivity contribution in [3.05, 3.63) is 23.5 Å². The van der Waals surface area contributed by atoms with Gasteiger partial charge in [-0.05, 0) is 19.4 Å². The van der Waals surface area contributed by atoms with Gasteiger partial charge in [0.2, 0.25) is 0 Å². The van der Waals surface area contributed by atoms with Crippen molar-refractivity contribution in [1.29, 1.82) is 0 Å². The van der Waals surface area contributed by atoms with Crippen LogP contribution in [-0.2, 0) is 0 Å². The Bertz CT molecular complexity index is 478. The number of aromatic nitrogens is 1. The lowest BCUT2D eigenvalue weighted by molar-refractivity contribution is 0.0763. The summed E-state index contributed by atoms with van der Waals surface area (Å²) in [6.45, 7) is 8.76. The van der Waals surface area contributed by atoms with Crippen LogP contribution in [0.2, 0.25) is 0 Å². The maximum absolute atomic E-state index is 12.7. The van der Waals surface area contributed by atoms with Crippen LogP contribution in [0.4, 0.5) is 5.69 Å². The Balaban J connectivity index is 2.19. The van der Waals surface area contributed by atoms with Gasteiger partial charge in [-0.25, -0.2) is 0 Å². The van der Waals surface area contributed by atoms with E-state index in [0.29, 0.717) is 10.8 Å². The molecule has 1 N–H and O–H groups in total. The molecular formula is C15H23N3OS. The van der Waals surface area contributed by atoms with E-state index in [1.54, 1.807) is 6.20 Å². The van der Waals surface area contributed by atoms with Crippen LogP contribution in [0.15, 0.2) is 12.3 Å². The van der Waals surface area contributed by atoms with Gasteiger partial charge in [0.1, 0.15) is 0 Å². The number of nitrogens with zero attached hydrogens (tertiary/aromatic N) is 2. The van der Waals surface area contributed by atoms with Crippen molar-refractivity contribution in [2.24, 2.45) is 0 Å². The molecule has 0 aromatic carbocycles. The molecule has 1 aliphatic heterocycles. The van der Waals surface area contributed by atoms with Crippen LogP contribution in [0.1, 0.15) is 36.3 Å². The maximum atomic E-state index is 12.7. The molecule has 110 valence electrons. The Hall–Kier alpha value is -1.23. The average molecular weight is 293 g/mol. The van der Waals surface area contributed by atoms with Crippen molar-refractivity contribution in [2.75, 3.05) is 30.7 Å². The van der Waals surface area contributed by atoms with Crippen molar-refractivity contribution in [3.63, 3.8) is 0 Å². The summed E-state index contributed by atoms with van der Waals surface area (Å²) in [5.74, 6) is 1.12. The first-order valence-corrected chi connectivity index (χ1v) is 8.28. The number of hydrogen-bond acceptors (Lipinski definition) is 4. The van der Waals surface area contributed by atoms with Gasteiger partial charge in [-0.1, -0.05) is 13.8 Å². The van der Waals surface area contributed by atoms with Crippen LogP contribution in [0, 0.1) is 6.92 Å². The zero-order valence-electron chi connectivity index (χ0n) is 12.5. The van der Waals surface area contributed by atoms with Gasteiger partial charge in [-0.15, -0.1) is 0 Å². The normalized spacial score (nSPS) is 18.9. The number of anilines is 1. The van der Waals surface area contributed by atoms with E-state index in [4.69, 9.17) is 0 Å². The summed E-state index contributed by atoms with van der Waals surface area (Å²) in [6.07, 6.45) is 2.74. The maximum Gasteiger partial charge on any atom is 0.257 e. The van der Waals surface area contributed by atoms with Gasteiger partial charge in [0.05, 0.1) is 11.3 Å². The predicted molar refractivity (Wildman–Crippen MR) is 85.6 cm³/mol. The minimum absolute atomic E-state index is 0.100. The van der Waals surface area contributed by atoms with Crippen molar-refractivity contribution in [3.8, 4) is 0 Å². The van der Waals surface area contributed by atoms with Crippen molar-refractivity contribution in [2.45, 2.75) is 32.4 Å². The molecule has 1 aromatic heterocycles. The number of pyridine rings is 1. The number of carbonyl (C=O) groups excluding carboxylic acids is 1. The third-order valence-electron chi connectivity index (χ3n) is 3.36. The lowest BCUT2D eigenvalue weighted by atomic mass is 10.1. The zero-order chi connectivity index (χ0) is 14.5. The van der Waals surface area contributed by atoms with Gasteiger partial charge in [-0.3, -0.25) is 9.78 Å². The highest BCUT2D eigenvalue weighted by molar-refractivity contribution is 7.99. The van der Waals surface area contributed by atoms with Crippen LogP contribution in [-0.4, -0.2) is 46.4 Å². The molecule has 0 radical (unpaired) electrons. The second kappa shape index (κ2) is 6.97. The summed E-state index contributed by atoms with van der Waals surface area (Å²) in [5.41, 5.74) is 2.54. The zero-order valence-corrected chi connectivity index (χ0v) is 13.3. The Labute approximate surface area is 125 Å². The Morgan fingerprint density at radius 1 is 1.60 bits per heavy atom. The van der Waals surface area contributed by atoms with E-state index < -0.39 is 0 Å². The van der Waals surface area contributed by atoms with E-state index >= 15 is 0 Å². The molecule has 1 fully saturated rings. The standard InChI is InChI=1S/C15H23N3OS/c1-4-5-16-14-8-11(2)17-9-13(14)15(19)18-6-7-20-12(3)10-18/h8-9,12H,4-7,10H2,1-3H3,(H,16,17). The fraction of sp³-hybridized carbons (Fsp3) is 0.600. The molecule has 0 spiro atoms. The van der Waals surface area contributed by atoms with Crippen LogP contribution >= 0.6 is 11.8 Å². The highest BCUT2D eigenvalue weighted by atomic mass is 32.2. The molecule has 1 aliphatic rings. The fourth-order valence-corrected chi connectivity index (χ4v) is 3.32. The predicted octanol–water partition coefficient (Wildman–Crippen LogP) is 2.79. The number of amides is 1. The smallest absolute Gasteiger partial charge is 0.257 e. The van der Waals surface area contributed by atoms with E-state index in [-0.39, 0.29) is 5.91 Å². The number of carbonyl (C=O) groups is 1. The Morgan fingerprint density at radius 3 is 3.10 bits per heavy atom. The minimum Gasteiger partial charge on any atom is -0.384 e. The minimum atomic E-state index is 0.100. The van der Waals surface area contributed by atoms with Crippen LogP contribution < -0.4 is 5.32 Å². The molecule has 2 heterocycles. The summed E-state index contributed by atoms with van der Waals surface area (Å²) < 4.78 is 0. The number of nitrogens with one attached hydrogen (secondary N) is 1. The van der Waals surface area contributed by atoms with E-state index in [2.05, 4.69) is 24.1 Å². The monoisotopic (exact) mass is 293 g/mol. The second-order valence-electron chi connectivity index (χ2n) is 5.23. The third-order valence-corrected chi connectivity index (χ3v) is 4.50. The molecule has 1 amide bonds. The lowest BCUT2D eigenvalue weighted by Gasteiger charge is -2.31. The SMILES string of the molecule is CCCNc1cc(C)ncc1C(=O)N1CCSC(C)C1. The molecule has 1 aromatic rings. The second-order valence-corrected chi connectivity index (χ2v) is 6.78. The first kappa shape index (κ1) is 15.2. The molecule has 0 saturated carbocycles. The first-order chi connectivity index (χ1) is 9.61. The Morgan fingerprint density at radius 2 is 2.40 bits per heavy atom. The molecule has 20 heavy (non-hydrogen) atoms. The van der Waals surface area contributed by atoms with Gasteiger partial charge in [0, 0.05) is 42.5 Å². The highest BCUT2D eigenvalue weighted by Crippen LogP contribution is 2.23. The molecule has 1 atom stereocenters. The molecule has 1 unspecified atom stereocenters.